The number of amides is 1. The highest BCUT2D eigenvalue weighted by molar-refractivity contribution is 5.76. The molecular weight excluding hydrogens is 314 g/mol. The highest BCUT2D eigenvalue weighted by atomic mass is 16.5. The number of piperidine rings is 1. The van der Waals surface area contributed by atoms with Gasteiger partial charge in [0.25, 0.3) is 0 Å². The van der Waals surface area contributed by atoms with Crippen molar-refractivity contribution >= 4 is 5.91 Å². The predicted octanol–water partition coefficient (Wildman–Crippen LogP) is 1.91. The van der Waals surface area contributed by atoms with E-state index in [1.165, 1.54) is 37.1 Å². The first-order valence-electron chi connectivity index (χ1n) is 9.57. The molecule has 0 radical (unpaired) electrons. The minimum atomic E-state index is 0.0819. The van der Waals surface area contributed by atoms with Gasteiger partial charge < -0.3 is 15.4 Å². The van der Waals surface area contributed by atoms with E-state index >= 15 is 0 Å². The Labute approximate surface area is 151 Å². The molecule has 2 fully saturated rings. The summed E-state index contributed by atoms with van der Waals surface area (Å²) in [5.74, 6) is 0.945. The third-order valence-corrected chi connectivity index (χ3v) is 5.19. The summed E-state index contributed by atoms with van der Waals surface area (Å²) >= 11 is 0. The number of carbonyl (C=O) groups excluding carboxylic acids is 1. The predicted molar refractivity (Wildman–Crippen MR) is 99.2 cm³/mol. The van der Waals surface area contributed by atoms with E-state index in [0.29, 0.717) is 19.6 Å². The lowest BCUT2D eigenvalue weighted by atomic mass is 9.98. The molecule has 2 saturated heterocycles. The van der Waals surface area contributed by atoms with Gasteiger partial charge in [0.05, 0.1) is 13.2 Å². The fourth-order valence-electron chi connectivity index (χ4n) is 3.56. The molecule has 25 heavy (non-hydrogen) atoms. The van der Waals surface area contributed by atoms with Crippen LogP contribution in [0.1, 0.15) is 37.3 Å². The Morgan fingerprint density at radius 1 is 1.32 bits per heavy atom. The van der Waals surface area contributed by atoms with E-state index in [-0.39, 0.29) is 11.9 Å². The van der Waals surface area contributed by atoms with Crippen molar-refractivity contribution in [3.8, 4) is 0 Å². The first kappa shape index (κ1) is 18.4. The van der Waals surface area contributed by atoms with Crippen molar-refractivity contribution in [2.45, 2.75) is 45.3 Å². The molecule has 2 heterocycles. The number of morpholine rings is 1. The van der Waals surface area contributed by atoms with Gasteiger partial charge in [-0.15, -0.1) is 0 Å². The number of hydrogen-bond donors (Lipinski definition) is 2. The molecule has 1 unspecified atom stereocenters. The molecule has 0 aromatic heterocycles. The smallest absolute Gasteiger partial charge is 0.221 e. The third kappa shape index (κ3) is 6.10. The number of ether oxygens (including phenoxy) is 1. The zero-order valence-corrected chi connectivity index (χ0v) is 15.3. The molecule has 138 valence electrons. The molecule has 5 nitrogen and oxygen atoms in total. The molecule has 2 aliphatic heterocycles. The van der Waals surface area contributed by atoms with Crippen molar-refractivity contribution < 1.29 is 9.53 Å². The first-order valence-corrected chi connectivity index (χ1v) is 9.57. The van der Waals surface area contributed by atoms with E-state index in [4.69, 9.17) is 4.74 Å². The van der Waals surface area contributed by atoms with Crippen LogP contribution in [0.2, 0.25) is 0 Å². The van der Waals surface area contributed by atoms with Gasteiger partial charge in [-0.25, -0.2) is 0 Å². The average molecular weight is 345 g/mol. The van der Waals surface area contributed by atoms with Gasteiger partial charge in [0.15, 0.2) is 0 Å². The third-order valence-electron chi connectivity index (χ3n) is 5.19. The lowest BCUT2D eigenvalue weighted by Crippen LogP contribution is -2.44. The van der Waals surface area contributed by atoms with Gasteiger partial charge in [-0.2, -0.15) is 0 Å². The van der Waals surface area contributed by atoms with Crippen LogP contribution < -0.4 is 10.6 Å². The van der Waals surface area contributed by atoms with Gasteiger partial charge in [-0.05, 0) is 43.0 Å². The van der Waals surface area contributed by atoms with Crippen molar-refractivity contribution in [1.82, 2.24) is 15.5 Å². The van der Waals surface area contributed by atoms with Crippen LogP contribution in [0.3, 0.4) is 0 Å². The molecule has 2 aliphatic rings. The quantitative estimate of drug-likeness (QED) is 0.827. The van der Waals surface area contributed by atoms with Crippen LogP contribution in [0.15, 0.2) is 24.3 Å². The number of carbonyl (C=O) groups is 1. The van der Waals surface area contributed by atoms with Crippen LogP contribution >= 0.6 is 0 Å². The zero-order chi connectivity index (χ0) is 17.5. The molecular formula is C20H31N3O2. The second-order valence-electron chi connectivity index (χ2n) is 7.49. The van der Waals surface area contributed by atoms with Crippen LogP contribution in [0, 0.1) is 5.92 Å². The number of likely N-dealkylation sites (tertiary alicyclic amines) is 1. The highest BCUT2D eigenvalue weighted by Crippen LogP contribution is 2.18. The number of nitrogens with one attached hydrogen (secondary N) is 2. The summed E-state index contributed by atoms with van der Waals surface area (Å²) in [5, 5.41) is 6.35. The van der Waals surface area contributed by atoms with E-state index in [1.807, 2.05) is 0 Å². The monoisotopic (exact) mass is 345 g/mol. The van der Waals surface area contributed by atoms with E-state index in [9.17, 15) is 4.79 Å². The standard InChI is InChI=1S/C20H31N3O2/c1-16-5-8-23(9-6-16)14-18-4-2-3-17(11-18)13-22-20(24)12-19-15-25-10-7-21-19/h2-4,11,16,19,21H,5-10,12-15H2,1H3,(H,22,24). The minimum absolute atomic E-state index is 0.0819. The normalized spacial score (nSPS) is 22.7. The van der Waals surface area contributed by atoms with Gasteiger partial charge in [0, 0.05) is 32.1 Å². The molecule has 1 atom stereocenters. The van der Waals surface area contributed by atoms with Crippen LogP contribution in [-0.2, 0) is 22.6 Å². The Morgan fingerprint density at radius 3 is 2.88 bits per heavy atom. The lowest BCUT2D eigenvalue weighted by molar-refractivity contribution is -0.122. The van der Waals surface area contributed by atoms with Crippen LogP contribution in [0.25, 0.3) is 0 Å². The molecule has 0 bridgehead atoms. The van der Waals surface area contributed by atoms with Gasteiger partial charge >= 0.3 is 0 Å². The maximum absolute atomic E-state index is 12.1. The SMILES string of the molecule is CC1CCN(Cc2cccc(CNC(=O)CC3COCCN3)c2)CC1. The van der Waals surface area contributed by atoms with Gasteiger partial charge in [-0.1, -0.05) is 31.2 Å². The van der Waals surface area contributed by atoms with E-state index in [2.05, 4.69) is 46.7 Å². The summed E-state index contributed by atoms with van der Waals surface area (Å²) in [7, 11) is 0. The molecule has 5 heteroatoms. The van der Waals surface area contributed by atoms with Gasteiger partial charge in [-0.3, -0.25) is 9.69 Å². The van der Waals surface area contributed by atoms with Crippen molar-refractivity contribution in [2.75, 3.05) is 32.8 Å². The van der Waals surface area contributed by atoms with Gasteiger partial charge in [0.1, 0.15) is 0 Å². The van der Waals surface area contributed by atoms with E-state index in [0.717, 1.165) is 25.6 Å². The second-order valence-corrected chi connectivity index (χ2v) is 7.49. The first-order chi connectivity index (χ1) is 12.2. The highest BCUT2D eigenvalue weighted by Gasteiger charge is 2.17. The Hall–Kier alpha value is -1.43. The van der Waals surface area contributed by atoms with Crippen molar-refractivity contribution in [1.29, 1.82) is 0 Å². The van der Waals surface area contributed by atoms with Crippen molar-refractivity contribution in [3.63, 3.8) is 0 Å². The lowest BCUT2D eigenvalue weighted by Gasteiger charge is -2.30. The average Bonchev–Trinajstić information content (AvgIpc) is 2.63. The summed E-state index contributed by atoms with van der Waals surface area (Å²) < 4.78 is 5.39. The molecule has 0 aliphatic carbocycles. The summed E-state index contributed by atoms with van der Waals surface area (Å²) in [5.41, 5.74) is 2.51. The largest absolute Gasteiger partial charge is 0.378 e. The Morgan fingerprint density at radius 2 is 2.12 bits per heavy atom. The Kier molecular flexibility index (Phi) is 6.84. The Balaban J connectivity index is 1.44. The minimum Gasteiger partial charge on any atom is -0.378 e. The summed E-state index contributed by atoms with van der Waals surface area (Å²) in [4.78, 5) is 14.6. The fraction of sp³-hybridized carbons (Fsp3) is 0.650. The van der Waals surface area contributed by atoms with E-state index < -0.39 is 0 Å². The zero-order valence-electron chi connectivity index (χ0n) is 15.3. The van der Waals surface area contributed by atoms with Gasteiger partial charge in [0.2, 0.25) is 5.91 Å². The van der Waals surface area contributed by atoms with Crippen molar-refractivity contribution in [2.24, 2.45) is 5.92 Å². The summed E-state index contributed by atoms with van der Waals surface area (Å²) in [6.07, 6.45) is 3.08. The summed E-state index contributed by atoms with van der Waals surface area (Å²) in [6.45, 7) is 8.52. The topological polar surface area (TPSA) is 53.6 Å². The van der Waals surface area contributed by atoms with Crippen molar-refractivity contribution in [3.05, 3.63) is 35.4 Å². The Bertz CT molecular complexity index is 550. The molecule has 0 saturated carbocycles. The number of hydrogen-bond acceptors (Lipinski definition) is 4. The molecule has 0 spiro atoms. The van der Waals surface area contributed by atoms with Crippen LogP contribution in [0.5, 0.6) is 0 Å². The van der Waals surface area contributed by atoms with E-state index in [1.54, 1.807) is 0 Å². The summed E-state index contributed by atoms with van der Waals surface area (Å²) in [6, 6.07) is 8.73. The molecule has 2 N–H and O–H groups in total. The maximum atomic E-state index is 12.1. The fourth-order valence-corrected chi connectivity index (χ4v) is 3.56. The second kappa shape index (κ2) is 9.32. The molecule has 3 rings (SSSR count). The maximum Gasteiger partial charge on any atom is 0.221 e. The number of rotatable bonds is 6. The van der Waals surface area contributed by atoms with Crippen LogP contribution in [-0.4, -0.2) is 49.7 Å². The number of benzene rings is 1. The molecule has 1 aromatic carbocycles. The van der Waals surface area contributed by atoms with Crippen LogP contribution in [0.4, 0.5) is 0 Å². The molecule has 1 aromatic rings. The number of nitrogens with zero attached hydrogens (tertiary/aromatic N) is 1. The molecule has 1 amide bonds.